The van der Waals surface area contributed by atoms with E-state index in [1.54, 1.807) is 23.6 Å². The lowest BCUT2D eigenvalue weighted by molar-refractivity contribution is -0.113. The van der Waals surface area contributed by atoms with Crippen LogP contribution in [0.25, 0.3) is 0 Å². The summed E-state index contributed by atoms with van der Waals surface area (Å²) >= 11 is 1.56. The molecule has 0 fully saturated rings. The highest BCUT2D eigenvalue weighted by atomic mass is 32.2. The number of nitrogens with zero attached hydrogens (tertiary/aromatic N) is 3. The molecule has 3 aromatic rings. The number of allylic oxidation sites excluding steroid dienone is 1. The number of amides is 1. The van der Waals surface area contributed by atoms with Crippen molar-refractivity contribution in [2.24, 2.45) is 0 Å². The second-order valence-corrected chi connectivity index (χ2v) is 7.99. The summed E-state index contributed by atoms with van der Waals surface area (Å²) in [6.07, 6.45) is 0. The molecule has 1 aliphatic rings. The molecular formula is C22H23N5O2S. The SMILES string of the molecule is CCSc1nc2n(n1)C(c1cccc(OC)c1)C(C(=O)Nc1ccccc1)=C(C)N2. The first-order chi connectivity index (χ1) is 14.6. The van der Waals surface area contributed by atoms with E-state index in [1.807, 2.05) is 61.5 Å². The maximum Gasteiger partial charge on any atom is 0.255 e. The van der Waals surface area contributed by atoms with Crippen LogP contribution in [0.4, 0.5) is 11.6 Å². The van der Waals surface area contributed by atoms with Gasteiger partial charge < -0.3 is 15.4 Å². The van der Waals surface area contributed by atoms with Crippen molar-refractivity contribution in [3.63, 3.8) is 0 Å². The second kappa shape index (κ2) is 8.62. The van der Waals surface area contributed by atoms with Gasteiger partial charge in [0.25, 0.3) is 5.91 Å². The van der Waals surface area contributed by atoms with Gasteiger partial charge in [-0.25, -0.2) is 4.68 Å². The smallest absolute Gasteiger partial charge is 0.255 e. The third kappa shape index (κ3) is 3.91. The van der Waals surface area contributed by atoms with Gasteiger partial charge in [0.2, 0.25) is 11.1 Å². The van der Waals surface area contributed by atoms with E-state index < -0.39 is 6.04 Å². The summed E-state index contributed by atoms with van der Waals surface area (Å²) in [5.74, 6) is 2.01. The zero-order valence-electron chi connectivity index (χ0n) is 17.0. The monoisotopic (exact) mass is 421 g/mol. The average molecular weight is 422 g/mol. The number of rotatable bonds is 6. The van der Waals surface area contributed by atoms with Gasteiger partial charge in [0.1, 0.15) is 11.8 Å². The van der Waals surface area contributed by atoms with Crippen molar-refractivity contribution in [1.82, 2.24) is 14.8 Å². The van der Waals surface area contributed by atoms with E-state index in [4.69, 9.17) is 4.74 Å². The van der Waals surface area contributed by atoms with E-state index in [1.165, 1.54) is 0 Å². The molecule has 0 spiro atoms. The number of benzene rings is 2. The Morgan fingerprint density at radius 2 is 2.03 bits per heavy atom. The van der Waals surface area contributed by atoms with Crippen LogP contribution in [0.3, 0.4) is 0 Å². The Labute approximate surface area is 179 Å². The predicted molar refractivity (Wildman–Crippen MR) is 119 cm³/mol. The molecule has 0 radical (unpaired) electrons. The molecular weight excluding hydrogens is 398 g/mol. The van der Waals surface area contributed by atoms with E-state index in [9.17, 15) is 4.79 Å². The molecule has 2 aromatic carbocycles. The highest BCUT2D eigenvalue weighted by Crippen LogP contribution is 2.37. The number of hydrogen-bond acceptors (Lipinski definition) is 6. The number of aromatic nitrogens is 3. The van der Waals surface area contributed by atoms with Crippen LogP contribution in [0.1, 0.15) is 25.5 Å². The van der Waals surface area contributed by atoms with Gasteiger partial charge >= 0.3 is 0 Å². The molecule has 0 saturated carbocycles. The molecule has 154 valence electrons. The van der Waals surface area contributed by atoms with E-state index in [-0.39, 0.29) is 5.91 Å². The van der Waals surface area contributed by atoms with Crippen LogP contribution in [-0.2, 0) is 4.79 Å². The van der Waals surface area contributed by atoms with Crippen molar-refractivity contribution in [2.75, 3.05) is 23.5 Å². The summed E-state index contributed by atoms with van der Waals surface area (Å²) in [6, 6.07) is 16.7. The molecule has 2 N–H and O–H groups in total. The number of fused-ring (bicyclic) bond motifs is 1. The summed E-state index contributed by atoms with van der Waals surface area (Å²) < 4.78 is 7.19. The fourth-order valence-electron chi connectivity index (χ4n) is 3.46. The minimum atomic E-state index is -0.432. The maximum atomic E-state index is 13.4. The third-order valence-corrected chi connectivity index (χ3v) is 5.51. The fraction of sp³-hybridized carbons (Fsp3) is 0.227. The minimum Gasteiger partial charge on any atom is -0.497 e. The van der Waals surface area contributed by atoms with Gasteiger partial charge in [-0.05, 0) is 42.5 Å². The van der Waals surface area contributed by atoms with Crippen molar-refractivity contribution in [2.45, 2.75) is 25.0 Å². The first kappa shape index (κ1) is 20.0. The lowest BCUT2D eigenvalue weighted by Crippen LogP contribution is -2.31. The molecule has 1 amide bonds. The Kier molecular flexibility index (Phi) is 5.76. The van der Waals surface area contributed by atoms with Gasteiger partial charge in [-0.15, -0.1) is 5.10 Å². The van der Waals surface area contributed by atoms with Crippen LogP contribution < -0.4 is 15.4 Å². The van der Waals surface area contributed by atoms with Gasteiger partial charge in [0.15, 0.2) is 0 Å². The van der Waals surface area contributed by atoms with Gasteiger partial charge in [-0.1, -0.05) is 49.0 Å². The average Bonchev–Trinajstić information content (AvgIpc) is 3.15. The lowest BCUT2D eigenvalue weighted by Gasteiger charge is -2.28. The maximum absolute atomic E-state index is 13.4. The number of methoxy groups -OCH3 is 1. The Morgan fingerprint density at radius 3 is 2.77 bits per heavy atom. The number of hydrogen-bond donors (Lipinski definition) is 2. The first-order valence-corrected chi connectivity index (χ1v) is 10.7. The number of para-hydroxylation sites is 1. The van der Waals surface area contributed by atoms with E-state index >= 15 is 0 Å². The van der Waals surface area contributed by atoms with Gasteiger partial charge in [-0.3, -0.25) is 4.79 Å². The molecule has 30 heavy (non-hydrogen) atoms. The largest absolute Gasteiger partial charge is 0.497 e. The minimum absolute atomic E-state index is 0.190. The molecule has 0 saturated heterocycles. The van der Waals surface area contributed by atoms with Crippen LogP contribution in [0, 0.1) is 0 Å². The molecule has 1 aromatic heterocycles. The number of nitrogens with one attached hydrogen (secondary N) is 2. The molecule has 0 bridgehead atoms. The highest BCUT2D eigenvalue weighted by molar-refractivity contribution is 7.99. The number of carbonyl (C=O) groups excluding carboxylic acids is 1. The molecule has 1 aliphatic heterocycles. The summed E-state index contributed by atoms with van der Waals surface area (Å²) in [5, 5.41) is 11.6. The molecule has 1 atom stereocenters. The first-order valence-electron chi connectivity index (χ1n) is 9.68. The van der Waals surface area contributed by atoms with Crippen molar-refractivity contribution in [1.29, 1.82) is 0 Å². The summed E-state index contributed by atoms with van der Waals surface area (Å²) in [7, 11) is 1.63. The quantitative estimate of drug-likeness (QED) is 0.577. The van der Waals surface area contributed by atoms with Crippen molar-refractivity contribution in [3.8, 4) is 5.75 Å². The topological polar surface area (TPSA) is 81.1 Å². The molecule has 7 nitrogen and oxygen atoms in total. The van der Waals surface area contributed by atoms with Crippen LogP contribution in [-0.4, -0.2) is 33.5 Å². The van der Waals surface area contributed by atoms with Crippen molar-refractivity contribution in [3.05, 3.63) is 71.4 Å². The normalized spacial score (nSPS) is 15.4. The summed E-state index contributed by atoms with van der Waals surface area (Å²) in [4.78, 5) is 17.9. The van der Waals surface area contributed by atoms with Crippen molar-refractivity contribution < 1.29 is 9.53 Å². The Hall–Kier alpha value is -3.26. The van der Waals surface area contributed by atoms with Crippen LogP contribution in [0.5, 0.6) is 5.75 Å². The molecule has 1 unspecified atom stereocenters. The third-order valence-electron chi connectivity index (χ3n) is 4.79. The van der Waals surface area contributed by atoms with Crippen molar-refractivity contribution >= 4 is 29.3 Å². The molecule has 0 aliphatic carbocycles. The Morgan fingerprint density at radius 1 is 1.23 bits per heavy atom. The summed E-state index contributed by atoms with van der Waals surface area (Å²) in [5.41, 5.74) is 2.95. The predicted octanol–water partition coefficient (Wildman–Crippen LogP) is 4.33. The number of ether oxygens (including phenoxy) is 1. The second-order valence-electron chi connectivity index (χ2n) is 6.76. The Bertz CT molecular complexity index is 1090. The highest BCUT2D eigenvalue weighted by Gasteiger charge is 2.34. The van der Waals surface area contributed by atoms with Gasteiger partial charge in [0, 0.05) is 11.4 Å². The van der Waals surface area contributed by atoms with Crippen LogP contribution >= 0.6 is 11.8 Å². The van der Waals surface area contributed by atoms with Crippen LogP contribution in [0.15, 0.2) is 71.0 Å². The van der Waals surface area contributed by atoms with Crippen LogP contribution in [0.2, 0.25) is 0 Å². The number of anilines is 2. The standard InChI is InChI=1S/C22H23N5O2S/c1-4-30-22-25-21-23-14(2)18(20(28)24-16-10-6-5-7-11-16)19(27(21)26-22)15-9-8-12-17(13-15)29-3/h5-13,19H,4H2,1-3H3,(H,24,28)(H,23,25,26). The van der Waals surface area contributed by atoms with E-state index in [0.717, 1.165) is 28.5 Å². The Balaban J connectivity index is 1.80. The fourth-order valence-corrected chi connectivity index (χ4v) is 4.01. The molecule has 8 heteroatoms. The van der Waals surface area contributed by atoms with E-state index in [0.29, 0.717) is 16.7 Å². The zero-order chi connectivity index (χ0) is 21.1. The lowest BCUT2D eigenvalue weighted by atomic mass is 9.95. The molecule has 2 heterocycles. The van der Waals surface area contributed by atoms with Gasteiger partial charge in [0.05, 0.1) is 12.7 Å². The summed E-state index contributed by atoms with van der Waals surface area (Å²) in [6.45, 7) is 3.94. The van der Waals surface area contributed by atoms with Gasteiger partial charge in [-0.2, -0.15) is 4.98 Å². The zero-order valence-corrected chi connectivity index (χ0v) is 17.9. The number of carbonyl (C=O) groups is 1. The van der Waals surface area contributed by atoms with E-state index in [2.05, 4.69) is 27.6 Å². The molecule has 4 rings (SSSR count). The number of thioether (sulfide) groups is 1.